The minimum Gasteiger partial charge on any atom is -0.490 e. The van der Waals surface area contributed by atoms with Crippen molar-refractivity contribution in [3.8, 4) is 28.0 Å². The van der Waals surface area contributed by atoms with Gasteiger partial charge in [-0.25, -0.2) is 8.78 Å². The molecule has 0 aliphatic carbocycles. The molecule has 1 fully saturated rings. The zero-order valence-electron chi connectivity index (χ0n) is 26.5. The smallest absolute Gasteiger partial charge is 0.201 e. The number of benzene rings is 3. The normalized spacial score (nSPS) is 16.8. The third kappa shape index (κ3) is 9.84. The van der Waals surface area contributed by atoms with Crippen molar-refractivity contribution in [3.63, 3.8) is 0 Å². The summed E-state index contributed by atoms with van der Waals surface area (Å²) in [7, 11) is 0. The molecule has 0 unspecified atom stereocenters. The molecule has 0 N–H and O–H groups in total. The molecule has 1 saturated heterocycles. The van der Waals surface area contributed by atoms with Gasteiger partial charge in [0.2, 0.25) is 5.82 Å². The van der Waals surface area contributed by atoms with Gasteiger partial charge in [-0.3, -0.25) is 0 Å². The summed E-state index contributed by atoms with van der Waals surface area (Å²) in [6, 6.07) is 15.1. The standard InChI is InChI=1S/C38H49F3O3/c1-3-5-7-9-10-12-14-24-42-35-23-22-33(37(40)38(35)41)29-18-16-28(17-19-29)32-21-20-30(25-34(32)39)31-26-43-36(44-27-31)15-13-11-8-6-4-2/h16-23,25,31,36H,3-15,24,26-27H2,1-2H3. The van der Waals surface area contributed by atoms with Gasteiger partial charge in [0.05, 0.1) is 19.8 Å². The molecule has 0 saturated carbocycles. The topological polar surface area (TPSA) is 27.7 Å². The fraction of sp³-hybridized carbons (Fsp3) is 0.526. The third-order valence-electron chi connectivity index (χ3n) is 8.53. The first-order valence-corrected chi connectivity index (χ1v) is 16.8. The molecule has 0 aromatic heterocycles. The molecule has 0 radical (unpaired) electrons. The van der Waals surface area contributed by atoms with Crippen molar-refractivity contribution in [1.29, 1.82) is 0 Å². The molecule has 4 rings (SSSR count). The summed E-state index contributed by atoms with van der Waals surface area (Å²) in [5.74, 6) is -2.35. The molecule has 3 aromatic carbocycles. The maximum atomic E-state index is 15.2. The summed E-state index contributed by atoms with van der Waals surface area (Å²) in [6.07, 6.45) is 14.6. The molecule has 0 spiro atoms. The highest BCUT2D eigenvalue weighted by atomic mass is 19.2. The second-order valence-corrected chi connectivity index (χ2v) is 12.0. The van der Waals surface area contributed by atoms with Crippen LogP contribution in [0.3, 0.4) is 0 Å². The molecule has 0 amide bonds. The molecule has 1 heterocycles. The van der Waals surface area contributed by atoms with Crippen molar-refractivity contribution < 1.29 is 27.4 Å². The number of hydrogen-bond acceptors (Lipinski definition) is 3. The van der Waals surface area contributed by atoms with Crippen LogP contribution in [-0.2, 0) is 9.47 Å². The summed E-state index contributed by atoms with van der Waals surface area (Å²) in [5, 5.41) is 0. The predicted molar refractivity (Wildman–Crippen MR) is 172 cm³/mol. The van der Waals surface area contributed by atoms with E-state index >= 15 is 4.39 Å². The lowest BCUT2D eigenvalue weighted by Crippen LogP contribution is -2.30. The van der Waals surface area contributed by atoms with Crippen LogP contribution >= 0.6 is 0 Å². The Hall–Kier alpha value is -2.83. The van der Waals surface area contributed by atoms with Gasteiger partial charge in [-0.2, -0.15) is 4.39 Å². The average Bonchev–Trinajstić information content (AvgIpc) is 3.04. The number of hydrogen-bond donors (Lipinski definition) is 0. The molecule has 1 aliphatic heterocycles. The van der Waals surface area contributed by atoms with Gasteiger partial charge in [0, 0.05) is 17.0 Å². The van der Waals surface area contributed by atoms with E-state index in [1.807, 2.05) is 6.07 Å². The van der Waals surface area contributed by atoms with Gasteiger partial charge in [0.15, 0.2) is 17.9 Å². The van der Waals surface area contributed by atoms with Gasteiger partial charge >= 0.3 is 0 Å². The quantitative estimate of drug-likeness (QED) is 0.134. The Morgan fingerprint density at radius 2 is 1.20 bits per heavy atom. The highest BCUT2D eigenvalue weighted by molar-refractivity contribution is 5.71. The van der Waals surface area contributed by atoms with Crippen LogP contribution < -0.4 is 4.74 Å². The van der Waals surface area contributed by atoms with E-state index in [1.54, 1.807) is 36.4 Å². The van der Waals surface area contributed by atoms with E-state index in [4.69, 9.17) is 14.2 Å². The van der Waals surface area contributed by atoms with Crippen molar-refractivity contribution in [2.24, 2.45) is 0 Å². The maximum Gasteiger partial charge on any atom is 0.201 e. The van der Waals surface area contributed by atoms with Crippen molar-refractivity contribution >= 4 is 0 Å². The molecular formula is C38H49F3O3. The zero-order valence-corrected chi connectivity index (χ0v) is 26.5. The molecule has 3 aromatic rings. The van der Waals surface area contributed by atoms with E-state index in [0.717, 1.165) is 37.7 Å². The number of ether oxygens (including phenoxy) is 3. The van der Waals surface area contributed by atoms with Crippen LogP contribution in [0.5, 0.6) is 5.75 Å². The summed E-state index contributed by atoms with van der Waals surface area (Å²) in [5.41, 5.74) is 2.61. The summed E-state index contributed by atoms with van der Waals surface area (Å²) in [6.45, 7) is 5.79. The Morgan fingerprint density at radius 1 is 0.636 bits per heavy atom. The van der Waals surface area contributed by atoms with E-state index in [2.05, 4.69) is 13.8 Å². The maximum absolute atomic E-state index is 15.2. The van der Waals surface area contributed by atoms with Crippen molar-refractivity contribution in [2.45, 2.75) is 110 Å². The third-order valence-corrected chi connectivity index (χ3v) is 8.53. The summed E-state index contributed by atoms with van der Waals surface area (Å²) < 4.78 is 62.4. The Kier molecular flexibility index (Phi) is 14.1. The first-order valence-electron chi connectivity index (χ1n) is 16.8. The lowest BCUT2D eigenvalue weighted by atomic mass is 9.95. The van der Waals surface area contributed by atoms with Crippen LogP contribution in [0, 0.1) is 17.5 Å². The number of halogens is 3. The van der Waals surface area contributed by atoms with Crippen molar-refractivity contribution in [2.75, 3.05) is 19.8 Å². The van der Waals surface area contributed by atoms with Crippen LogP contribution in [-0.4, -0.2) is 26.1 Å². The monoisotopic (exact) mass is 610 g/mol. The van der Waals surface area contributed by atoms with Crippen molar-refractivity contribution in [1.82, 2.24) is 0 Å². The van der Waals surface area contributed by atoms with E-state index < -0.39 is 11.6 Å². The molecule has 44 heavy (non-hydrogen) atoms. The predicted octanol–water partition coefficient (Wildman–Crippen LogP) is 11.4. The molecule has 3 nitrogen and oxygen atoms in total. The van der Waals surface area contributed by atoms with E-state index in [-0.39, 0.29) is 29.3 Å². The highest BCUT2D eigenvalue weighted by Crippen LogP contribution is 2.33. The van der Waals surface area contributed by atoms with Crippen molar-refractivity contribution in [3.05, 3.63) is 77.6 Å². The fourth-order valence-electron chi connectivity index (χ4n) is 5.77. The Balaban J connectivity index is 1.29. The molecule has 0 bridgehead atoms. The van der Waals surface area contributed by atoms with Crippen LogP contribution in [0.4, 0.5) is 13.2 Å². The molecule has 0 atom stereocenters. The van der Waals surface area contributed by atoms with Gasteiger partial charge in [-0.05, 0) is 54.2 Å². The zero-order chi connectivity index (χ0) is 31.1. The van der Waals surface area contributed by atoms with Gasteiger partial charge in [-0.15, -0.1) is 0 Å². The van der Waals surface area contributed by atoms with Crippen LogP contribution in [0.1, 0.15) is 109 Å². The Morgan fingerprint density at radius 3 is 1.84 bits per heavy atom. The van der Waals surface area contributed by atoms with Gasteiger partial charge < -0.3 is 14.2 Å². The lowest BCUT2D eigenvalue weighted by Gasteiger charge is -2.30. The minimum atomic E-state index is -0.981. The first kappa shape index (κ1) is 34.1. The van der Waals surface area contributed by atoms with E-state index in [1.165, 1.54) is 63.5 Å². The second-order valence-electron chi connectivity index (χ2n) is 12.0. The second kappa shape index (κ2) is 18.2. The van der Waals surface area contributed by atoms with Crippen LogP contribution in [0.2, 0.25) is 0 Å². The average molecular weight is 611 g/mol. The first-order chi connectivity index (χ1) is 21.5. The largest absolute Gasteiger partial charge is 0.490 e. The van der Waals surface area contributed by atoms with Gasteiger partial charge in [0.25, 0.3) is 0 Å². The fourth-order valence-corrected chi connectivity index (χ4v) is 5.77. The Bertz CT molecular complexity index is 1270. The summed E-state index contributed by atoms with van der Waals surface area (Å²) >= 11 is 0. The summed E-state index contributed by atoms with van der Waals surface area (Å²) in [4.78, 5) is 0. The van der Waals surface area contributed by atoms with Gasteiger partial charge in [-0.1, -0.05) is 114 Å². The SMILES string of the molecule is CCCCCCCCCOc1ccc(-c2ccc(-c3ccc(C4COC(CCCCCCC)OC4)cc3F)cc2)c(F)c1F. The number of unbranched alkanes of at least 4 members (excludes halogenated alkanes) is 10. The van der Waals surface area contributed by atoms with Crippen LogP contribution in [0.15, 0.2) is 54.6 Å². The van der Waals surface area contributed by atoms with E-state index in [0.29, 0.717) is 36.5 Å². The van der Waals surface area contributed by atoms with E-state index in [9.17, 15) is 8.78 Å². The Labute approximate surface area is 262 Å². The minimum absolute atomic E-state index is 0.0161. The van der Waals surface area contributed by atoms with Crippen LogP contribution in [0.25, 0.3) is 22.3 Å². The molecule has 240 valence electrons. The molecule has 6 heteroatoms. The molecule has 1 aliphatic rings. The molecular weight excluding hydrogens is 561 g/mol. The van der Waals surface area contributed by atoms with Gasteiger partial charge in [0.1, 0.15) is 5.82 Å². The number of rotatable bonds is 18. The highest BCUT2D eigenvalue weighted by Gasteiger charge is 2.24. The lowest BCUT2D eigenvalue weighted by molar-refractivity contribution is -0.190.